The maximum atomic E-state index is 12.1. The van der Waals surface area contributed by atoms with Gasteiger partial charge < -0.3 is 19.2 Å². The smallest absolute Gasteiger partial charge is 0.268 e. The molecule has 2 heterocycles. The Morgan fingerprint density at radius 1 is 1.52 bits per heavy atom. The van der Waals surface area contributed by atoms with Gasteiger partial charge in [-0.2, -0.15) is 0 Å². The number of ether oxygens (including phenoxy) is 1. The molecule has 0 atom stereocenters. The van der Waals surface area contributed by atoms with Crippen LogP contribution in [-0.4, -0.2) is 39.0 Å². The van der Waals surface area contributed by atoms with Crippen LogP contribution in [0.25, 0.3) is 0 Å². The van der Waals surface area contributed by atoms with E-state index in [4.69, 9.17) is 16.3 Å². The third-order valence-corrected chi connectivity index (χ3v) is 3.26. The lowest BCUT2D eigenvalue weighted by atomic mass is 10.4. The molecule has 2 rings (SSSR count). The van der Waals surface area contributed by atoms with Crippen molar-refractivity contribution in [3.05, 3.63) is 35.1 Å². The third kappa shape index (κ3) is 4.05. The summed E-state index contributed by atoms with van der Waals surface area (Å²) in [5.74, 6) is 0.510. The number of amides is 1. The molecule has 0 aliphatic rings. The average molecular weight is 312 g/mol. The molecule has 0 aliphatic carbocycles. The summed E-state index contributed by atoms with van der Waals surface area (Å²) in [5, 5.41) is 11.2. The molecule has 0 saturated heterocycles. The van der Waals surface area contributed by atoms with Gasteiger partial charge in [0.1, 0.15) is 12.0 Å². The molecule has 7 nitrogen and oxygen atoms in total. The summed E-state index contributed by atoms with van der Waals surface area (Å²) in [6.45, 7) is 1.74. The predicted octanol–water partition coefficient (Wildman–Crippen LogP) is 1.24. The highest BCUT2D eigenvalue weighted by atomic mass is 35.5. The molecule has 0 fully saturated rings. The number of aromatic nitrogens is 4. The van der Waals surface area contributed by atoms with E-state index in [1.807, 2.05) is 4.57 Å². The van der Waals surface area contributed by atoms with Crippen molar-refractivity contribution in [1.82, 2.24) is 24.6 Å². The first-order valence-corrected chi connectivity index (χ1v) is 6.95. The van der Waals surface area contributed by atoms with Crippen LogP contribution in [0.4, 0.5) is 0 Å². The Kier molecular flexibility index (Phi) is 5.35. The number of nitrogens with one attached hydrogen (secondary N) is 1. The van der Waals surface area contributed by atoms with Gasteiger partial charge in [0.2, 0.25) is 0 Å². The highest BCUT2D eigenvalue weighted by Gasteiger charge is 2.12. The lowest BCUT2D eigenvalue weighted by Crippen LogP contribution is -2.26. The second-order valence-corrected chi connectivity index (χ2v) is 5.06. The molecule has 0 aliphatic heterocycles. The predicted molar refractivity (Wildman–Crippen MR) is 78.1 cm³/mol. The molecular weight excluding hydrogens is 294 g/mol. The van der Waals surface area contributed by atoms with Gasteiger partial charge >= 0.3 is 0 Å². The summed E-state index contributed by atoms with van der Waals surface area (Å²) in [6, 6.07) is 1.63. The molecule has 1 N–H and O–H groups in total. The zero-order chi connectivity index (χ0) is 15.2. The van der Waals surface area contributed by atoms with Crippen LogP contribution in [0, 0.1) is 0 Å². The fourth-order valence-corrected chi connectivity index (χ4v) is 2.23. The lowest BCUT2D eigenvalue weighted by molar-refractivity contribution is 0.0941. The SMILES string of the molecule is COCCCn1cnnc1CNC(=O)c1cc(Cl)cn1C. The fourth-order valence-electron chi connectivity index (χ4n) is 1.98. The molecular formula is C13H18ClN5O2. The van der Waals surface area contributed by atoms with Gasteiger partial charge in [0.25, 0.3) is 5.91 Å². The first-order valence-electron chi connectivity index (χ1n) is 6.57. The molecule has 0 bridgehead atoms. The number of halogens is 1. The third-order valence-electron chi connectivity index (χ3n) is 3.05. The molecule has 0 unspecified atom stereocenters. The van der Waals surface area contributed by atoms with E-state index in [0.717, 1.165) is 13.0 Å². The second kappa shape index (κ2) is 7.24. The van der Waals surface area contributed by atoms with Crippen LogP contribution in [-0.2, 0) is 24.9 Å². The van der Waals surface area contributed by atoms with Crippen LogP contribution in [0.2, 0.25) is 5.02 Å². The van der Waals surface area contributed by atoms with E-state index in [9.17, 15) is 4.79 Å². The highest BCUT2D eigenvalue weighted by Crippen LogP contribution is 2.12. The summed E-state index contributed by atoms with van der Waals surface area (Å²) >= 11 is 5.87. The van der Waals surface area contributed by atoms with Gasteiger partial charge in [0, 0.05) is 33.5 Å². The number of aryl methyl sites for hydroxylation is 2. The molecule has 0 aromatic carbocycles. The Balaban J connectivity index is 1.92. The molecule has 21 heavy (non-hydrogen) atoms. The zero-order valence-electron chi connectivity index (χ0n) is 12.0. The van der Waals surface area contributed by atoms with E-state index in [1.165, 1.54) is 0 Å². The minimum atomic E-state index is -0.198. The summed E-state index contributed by atoms with van der Waals surface area (Å²) in [6.07, 6.45) is 4.20. The van der Waals surface area contributed by atoms with Gasteiger partial charge in [-0.25, -0.2) is 0 Å². The van der Waals surface area contributed by atoms with Crippen molar-refractivity contribution < 1.29 is 9.53 Å². The van der Waals surface area contributed by atoms with Crippen LogP contribution in [0.1, 0.15) is 22.7 Å². The van der Waals surface area contributed by atoms with Crippen molar-refractivity contribution in [2.24, 2.45) is 7.05 Å². The Hall–Kier alpha value is -1.86. The summed E-state index contributed by atoms with van der Waals surface area (Å²) in [4.78, 5) is 12.1. The van der Waals surface area contributed by atoms with Crippen molar-refractivity contribution in [2.45, 2.75) is 19.5 Å². The van der Waals surface area contributed by atoms with Crippen molar-refractivity contribution in [2.75, 3.05) is 13.7 Å². The Labute approximate surface area is 127 Å². The maximum Gasteiger partial charge on any atom is 0.268 e. The van der Waals surface area contributed by atoms with Crippen LogP contribution in [0.15, 0.2) is 18.6 Å². The van der Waals surface area contributed by atoms with Crippen LogP contribution >= 0.6 is 11.6 Å². The first-order chi connectivity index (χ1) is 10.1. The monoisotopic (exact) mass is 311 g/mol. The van der Waals surface area contributed by atoms with E-state index in [0.29, 0.717) is 29.7 Å². The van der Waals surface area contributed by atoms with Gasteiger partial charge in [0.15, 0.2) is 5.82 Å². The molecule has 0 saturated carbocycles. The number of hydrogen-bond donors (Lipinski definition) is 1. The number of rotatable bonds is 7. The molecule has 114 valence electrons. The quantitative estimate of drug-likeness (QED) is 0.781. The van der Waals surface area contributed by atoms with Gasteiger partial charge in [-0.3, -0.25) is 4.79 Å². The van der Waals surface area contributed by atoms with Gasteiger partial charge in [-0.05, 0) is 12.5 Å². The maximum absolute atomic E-state index is 12.1. The summed E-state index contributed by atoms with van der Waals surface area (Å²) in [5.41, 5.74) is 0.505. The molecule has 0 spiro atoms. The van der Waals surface area contributed by atoms with Gasteiger partial charge in [0.05, 0.1) is 11.6 Å². The van der Waals surface area contributed by atoms with E-state index in [2.05, 4.69) is 15.5 Å². The summed E-state index contributed by atoms with van der Waals surface area (Å²) in [7, 11) is 3.44. The Morgan fingerprint density at radius 2 is 2.33 bits per heavy atom. The van der Waals surface area contributed by atoms with E-state index in [-0.39, 0.29) is 5.91 Å². The topological polar surface area (TPSA) is 74.0 Å². The molecule has 2 aromatic rings. The number of methoxy groups -OCH3 is 1. The van der Waals surface area contributed by atoms with Crippen LogP contribution in [0.3, 0.4) is 0 Å². The first kappa shape index (κ1) is 15.5. The lowest BCUT2D eigenvalue weighted by Gasteiger charge is -2.08. The zero-order valence-corrected chi connectivity index (χ0v) is 12.8. The number of carbonyl (C=O) groups excluding carboxylic acids is 1. The van der Waals surface area contributed by atoms with Gasteiger partial charge in [-0.1, -0.05) is 11.6 Å². The molecule has 1 amide bonds. The molecule has 0 radical (unpaired) electrons. The normalized spacial score (nSPS) is 10.8. The number of hydrogen-bond acceptors (Lipinski definition) is 4. The Morgan fingerprint density at radius 3 is 3.00 bits per heavy atom. The largest absolute Gasteiger partial charge is 0.385 e. The number of carbonyl (C=O) groups is 1. The van der Waals surface area contributed by atoms with E-state index in [1.54, 1.807) is 37.3 Å². The van der Waals surface area contributed by atoms with Crippen LogP contribution < -0.4 is 5.32 Å². The standard InChI is InChI=1S/C13H18ClN5O2/c1-18-8-10(14)6-11(18)13(20)15-7-12-17-16-9-19(12)4-3-5-21-2/h6,8-9H,3-5,7H2,1-2H3,(H,15,20). The molecule has 2 aromatic heterocycles. The van der Waals surface area contributed by atoms with Crippen LogP contribution in [0.5, 0.6) is 0 Å². The van der Waals surface area contributed by atoms with E-state index >= 15 is 0 Å². The van der Waals surface area contributed by atoms with Crippen molar-refractivity contribution in [1.29, 1.82) is 0 Å². The second-order valence-electron chi connectivity index (χ2n) is 4.62. The minimum absolute atomic E-state index is 0.198. The molecule has 8 heteroatoms. The minimum Gasteiger partial charge on any atom is -0.385 e. The van der Waals surface area contributed by atoms with Crippen molar-refractivity contribution in [3.8, 4) is 0 Å². The fraction of sp³-hybridized carbons (Fsp3) is 0.462. The van der Waals surface area contributed by atoms with Gasteiger partial charge in [-0.15, -0.1) is 10.2 Å². The summed E-state index contributed by atoms with van der Waals surface area (Å²) < 4.78 is 8.59. The van der Waals surface area contributed by atoms with E-state index < -0.39 is 0 Å². The number of nitrogens with zero attached hydrogens (tertiary/aromatic N) is 4. The highest BCUT2D eigenvalue weighted by molar-refractivity contribution is 6.31. The van der Waals surface area contributed by atoms with Crippen molar-refractivity contribution >= 4 is 17.5 Å². The Bertz CT molecular complexity index is 607. The average Bonchev–Trinajstić information content (AvgIpc) is 3.03. The van der Waals surface area contributed by atoms with Crippen molar-refractivity contribution in [3.63, 3.8) is 0 Å².